The number of oxazole rings is 1. The van der Waals surface area contributed by atoms with E-state index in [1.807, 2.05) is 48.5 Å². The van der Waals surface area contributed by atoms with Crippen LogP contribution < -0.4 is 9.80 Å². The van der Waals surface area contributed by atoms with Crippen LogP contribution in [0.3, 0.4) is 0 Å². The van der Waals surface area contributed by atoms with Crippen LogP contribution in [0.4, 0.5) is 34.1 Å². The highest BCUT2D eigenvalue weighted by Gasteiger charge is 2.27. The molecule has 0 fully saturated rings. The maximum Gasteiger partial charge on any atom is 0.227 e. The third-order valence-electron chi connectivity index (χ3n) is 12.8. The third-order valence-corrected chi connectivity index (χ3v) is 12.8. The zero-order chi connectivity index (χ0) is 44.3. The Labute approximate surface area is 386 Å². The predicted octanol–water partition coefficient (Wildman–Crippen LogP) is 17.1. The van der Waals surface area contributed by atoms with Crippen LogP contribution in [0.25, 0.3) is 83.1 Å². The third kappa shape index (κ3) is 6.53. The second-order valence-electron chi connectivity index (χ2n) is 16.8. The number of hydrogen-bond acceptors (Lipinski definition) is 5. The van der Waals surface area contributed by atoms with E-state index in [1.165, 1.54) is 5.39 Å². The smallest absolute Gasteiger partial charge is 0.227 e. The lowest BCUT2D eigenvalue weighted by Gasteiger charge is -2.29. The first-order valence-electron chi connectivity index (χ1n) is 22.5. The monoisotopic (exact) mass is 860 g/mol. The Balaban J connectivity index is 1.08. The largest absolute Gasteiger partial charge is 0.454 e. The number of furan rings is 1. The fraction of sp³-hybridized carbons (Fsp3) is 0. The van der Waals surface area contributed by atoms with Gasteiger partial charge in [0.1, 0.15) is 11.1 Å². The predicted molar refractivity (Wildman–Crippen MR) is 276 cm³/mol. The van der Waals surface area contributed by atoms with E-state index in [0.717, 1.165) is 100 Å². The first kappa shape index (κ1) is 38.3. The summed E-state index contributed by atoms with van der Waals surface area (Å²) in [5.41, 5.74) is 15.1. The van der Waals surface area contributed by atoms with Gasteiger partial charge in [-0.15, -0.1) is 0 Å². The van der Waals surface area contributed by atoms with Gasteiger partial charge < -0.3 is 23.2 Å². The van der Waals surface area contributed by atoms with E-state index in [-0.39, 0.29) is 0 Å². The zero-order valence-electron chi connectivity index (χ0n) is 36.2. The average Bonchev–Trinajstić information content (AvgIpc) is 4.11. The maximum atomic E-state index is 6.88. The van der Waals surface area contributed by atoms with Gasteiger partial charge >= 0.3 is 0 Å². The Morgan fingerprint density at radius 2 is 0.940 bits per heavy atom. The number of fused-ring (bicyclic) bond motifs is 7. The van der Waals surface area contributed by atoms with Crippen LogP contribution in [-0.2, 0) is 0 Å². The van der Waals surface area contributed by atoms with Gasteiger partial charge in [0.05, 0.1) is 28.1 Å². The Morgan fingerprint density at radius 3 is 1.72 bits per heavy atom. The van der Waals surface area contributed by atoms with E-state index in [1.54, 1.807) is 0 Å². The average molecular weight is 861 g/mol. The molecule has 0 amide bonds. The maximum absolute atomic E-state index is 6.88. The Bertz CT molecular complexity index is 3910. The minimum Gasteiger partial charge on any atom is -0.454 e. The van der Waals surface area contributed by atoms with Crippen molar-refractivity contribution in [3.63, 3.8) is 0 Å². The first-order chi connectivity index (χ1) is 33.2. The van der Waals surface area contributed by atoms with Gasteiger partial charge in [-0.2, -0.15) is 0 Å². The molecule has 316 valence electrons. The second-order valence-corrected chi connectivity index (χ2v) is 16.8. The molecule has 0 spiro atoms. The van der Waals surface area contributed by atoms with Crippen LogP contribution in [0, 0.1) is 0 Å². The van der Waals surface area contributed by atoms with Crippen molar-refractivity contribution in [1.82, 2.24) is 9.55 Å². The highest BCUT2D eigenvalue weighted by Crippen LogP contribution is 2.48. The van der Waals surface area contributed by atoms with Gasteiger partial charge in [0.25, 0.3) is 0 Å². The fourth-order valence-electron chi connectivity index (χ4n) is 9.73. The van der Waals surface area contributed by atoms with E-state index in [4.69, 9.17) is 13.8 Å². The standard InChI is InChI=1S/C61H40N4O2/c1-5-18-41(19-6-1)42-32-34-46(35-33-42)65(55-30-17-28-51-50-27-14-16-31-57(50)66-60(51)55)56-39-48(40-58-59(56)62-61(67-58)43-20-7-2-8-21-43)63(44-22-9-3-10-23-44)47-36-37-54-52(38-47)49-26-13-15-29-53(49)64(54)45-24-11-4-12-25-45/h1-40H. The van der Waals surface area contributed by atoms with Crippen molar-refractivity contribution in [3.05, 3.63) is 243 Å². The van der Waals surface area contributed by atoms with E-state index < -0.39 is 0 Å². The summed E-state index contributed by atoms with van der Waals surface area (Å²) >= 11 is 0. The number of aromatic nitrogens is 2. The first-order valence-corrected chi connectivity index (χ1v) is 22.5. The number of benzene rings is 10. The number of nitrogens with zero attached hydrogens (tertiary/aromatic N) is 4. The van der Waals surface area contributed by atoms with Gasteiger partial charge in [0.15, 0.2) is 11.2 Å². The van der Waals surface area contributed by atoms with E-state index in [2.05, 4.69) is 208 Å². The molecule has 0 radical (unpaired) electrons. The van der Waals surface area contributed by atoms with Gasteiger partial charge in [-0.3, -0.25) is 0 Å². The molecular weight excluding hydrogens is 821 g/mol. The van der Waals surface area contributed by atoms with Crippen molar-refractivity contribution in [1.29, 1.82) is 0 Å². The molecule has 6 nitrogen and oxygen atoms in total. The quantitative estimate of drug-likeness (QED) is 0.145. The Kier molecular flexibility index (Phi) is 9.06. The van der Waals surface area contributed by atoms with Crippen molar-refractivity contribution >= 4 is 89.0 Å². The van der Waals surface area contributed by atoms with Crippen LogP contribution in [0.5, 0.6) is 0 Å². The molecule has 67 heavy (non-hydrogen) atoms. The number of rotatable bonds is 9. The minimum absolute atomic E-state index is 0.539. The lowest BCUT2D eigenvalue weighted by atomic mass is 10.0. The van der Waals surface area contributed by atoms with Crippen LogP contribution in [0.15, 0.2) is 251 Å². The lowest BCUT2D eigenvalue weighted by molar-refractivity contribution is 0.620. The highest BCUT2D eigenvalue weighted by atomic mass is 16.3. The molecule has 6 heteroatoms. The molecule has 13 rings (SSSR count). The van der Waals surface area contributed by atoms with Gasteiger partial charge in [-0.05, 0) is 102 Å². The molecule has 0 unspecified atom stereocenters. The minimum atomic E-state index is 0.539. The zero-order valence-corrected chi connectivity index (χ0v) is 36.2. The van der Waals surface area contributed by atoms with Crippen molar-refractivity contribution in [2.75, 3.05) is 9.80 Å². The molecule has 0 saturated carbocycles. The van der Waals surface area contributed by atoms with Crippen molar-refractivity contribution in [3.8, 4) is 28.3 Å². The Hall–Kier alpha value is -9.13. The summed E-state index contributed by atoms with van der Waals surface area (Å²) < 4.78 is 16.0. The van der Waals surface area contributed by atoms with E-state index in [9.17, 15) is 0 Å². The summed E-state index contributed by atoms with van der Waals surface area (Å²) in [5.74, 6) is 0.539. The molecule has 13 aromatic rings. The molecule has 0 aliphatic heterocycles. The SMILES string of the molecule is c1ccc(-c2ccc(N(c3cc(N(c4ccccc4)c4ccc5c(c4)c4ccccc4n5-c4ccccc4)cc4oc(-c5ccccc5)nc34)c3cccc4c3oc3ccccc34)cc2)cc1. The van der Waals surface area contributed by atoms with Crippen LogP contribution in [-0.4, -0.2) is 9.55 Å². The fourth-order valence-corrected chi connectivity index (χ4v) is 9.73. The molecule has 0 N–H and O–H groups in total. The molecule has 0 atom stereocenters. The summed E-state index contributed by atoms with van der Waals surface area (Å²) in [7, 11) is 0. The molecule has 0 aliphatic rings. The topological polar surface area (TPSA) is 50.6 Å². The lowest BCUT2D eigenvalue weighted by Crippen LogP contribution is -2.14. The van der Waals surface area contributed by atoms with Crippen molar-refractivity contribution in [2.24, 2.45) is 0 Å². The summed E-state index contributed by atoms with van der Waals surface area (Å²) in [6.45, 7) is 0. The number of hydrogen-bond donors (Lipinski definition) is 0. The molecule has 0 saturated heterocycles. The highest BCUT2D eigenvalue weighted by molar-refractivity contribution is 6.13. The molecule has 10 aromatic carbocycles. The Morgan fingerprint density at radius 1 is 0.343 bits per heavy atom. The summed E-state index contributed by atoms with van der Waals surface area (Å²) in [6, 6.07) is 84.9. The normalized spacial score (nSPS) is 11.6. The molecule has 0 bridgehead atoms. The van der Waals surface area contributed by atoms with Crippen molar-refractivity contribution < 1.29 is 8.83 Å². The number of para-hydroxylation sites is 5. The molecular formula is C61H40N4O2. The van der Waals surface area contributed by atoms with Crippen LogP contribution in [0.1, 0.15) is 0 Å². The van der Waals surface area contributed by atoms with Crippen LogP contribution in [0.2, 0.25) is 0 Å². The summed E-state index contributed by atoms with van der Waals surface area (Å²) in [6.07, 6.45) is 0. The van der Waals surface area contributed by atoms with Crippen molar-refractivity contribution in [2.45, 2.75) is 0 Å². The molecule has 3 heterocycles. The summed E-state index contributed by atoms with van der Waals surface area (Å²) in [4.78, 5) is 9.93. The van der Waals surface area contributed by atoms with Gasteiger partial charge in [0.2, 0.25) is 5.89 Å². The summed E-state index contributed by atoms with van der Waals surface area (Å²) in [5, 5.41) is 4.43. The van der Waals surface area contributed by atoms with Gasteiger partial charge in [0, 0.05) is 55.9 Å². The van der Waals surface area contributed by atoms with E-state index >= 15 is 0 Å². The van der Waals surface area contributed by atoms with Gasteiger partial charge in [-0.25, -0.2) is 4.98 Å². The van der Waals surface area contributed by atoms with Gasteiger partial charge in [-0.1, -0.05) is 146 Å². The van der Waals surface area contributed by atoms with E-state index in [0.29, 0.717) is 11.5 Å². The number of anilines is 6. The second kappa shape index (κ2) is 15.8. The molecule has 0 aliphatic carbocycles. The van der Waals surface area contributed by atoms with Crippen LogP contribution >= 0.6 is 0 Å². The molecule has 3 aromatic heterocycles.